The Balaban J connectivity index is 2.59. The number of nitrogens with zero attached hydrogens (tertiary/aromatic N) is 1. The average Bonchev–Trinajstić information content (AvgIpc) is 1.88. The first-order valence-corrected chi connectivity index (χ1v) is 3.44. The number of ether oxygens (including phenoxy) is 1. The van der Waals surface area contributed by atoms with Crippen molar-refractivity contribution >= 4 is 11.6 Å². The lowest BCUT2D eigenvalue weighted by atomic mass is 10.5. The van der Waals surface area contributed by atoms with Crippen molar-refractivity contribution in [1.82, 2.24) is 4.98 Å². The minimum atomic E-state index is -0.324. The van der Waals surface area contributed by atoms with E-state index in [0.717, 1.165) is 0 Å². The zero-order chi connectivity index (χ0) is 7.40. The summed E-state index contributed by atoms with van der Waals surface area (Å²) in [6.45, 7) is 1.75. The Morgan fingerprint density at radius 1 is 1.60 bits per heavy atom. The molecule has 0 aliphatic heterocycles. The molecule has 1 aromatic rings. The SMILES string of the molecule is C[C@H](Cl)Oc1ccccn1. The first kappa shape index (κ1) is 7.35. The molecule has 0 aliphatic carbocycles. The Kier molecular flexibility index (Phi) is 2.51. The van der Waals surface area contributed by atoms with Gasteiger partial charge in [-0.15, -0.1) is 0 Å². The van der Waals surface area contributed by atoms with Gasteiger partial charge in [0.05, 0.1) is 0 Å². The van der Waals surface area contributed by atoms with Crippen LogP contribution in [0.15, 0.2) is 24.4 Å². The van der Waals surface area contributed by atoms with E-state index in [1.165, 1.54) is 0 Å². The van der Waals surface area contributed by atoms with Gasteiger partial charge in [-0.05, 0) is 13.0 Å². The molecule has 54 valence electrons. The van der Waals surface area contributed by atoms with Crippen molar-refractivity contribution in [3.8, 4) is 5.88 Å². The Morgan fingerprint density at radius 2 is 2.40 bits per heavy atom. The number of hydrogen-bond acceptors (Lipinski definition) is 2. The minimum Gasteiger partial charge on any atom is -0.458 e. The highest BCUT2D eigenvalue weighted by Gasteiger charge is 1.96. The second-order valence-electron chi connectivity index (χ2n) is 1.83. The third kappa shape index (κ3) is 2.23. The summed E-state index contributed by atoms with van der Waals surface area (Å²) in [5, 5.41) is 0. The third-order valence-electron chi connectivity index (χ3n) is 0.921. The number of alkyl halides is 1. The van der Waals surface area contributed by atoms with Crippen LogP contribution in [0.5, 0.6) is 5.88 Å². The number of halogens is 1. The molecule has 1 heterocycles. The first-order chi connectivity index (χ1) is 4.79. The summed E-state index contributed by atoms with van der Waals surface area (Å²) < 4.78 is 5.07. The van der Waals surface area contributed by atoms with Crippen LogP contribution in [0.1, 0.15) is 6.92 Å². The lowest BCUT2D eigenvalue weighted by molar-refractivity contribution is 0.289. The molecule has 0 unspecified atom stereocenters. The summed E-state index contributed by atoms with van der Waals surface area (Å²) in [5.41, 5.74) is -0.324. The van der Waals surface area contributed by atoms with E-state index in [0.29, 0.717) is 5.88 Å². The van der Waals surface area contributed by atoms with Crippen molar-refractivity contribution in [1.29, 1.82) is 0 Å². The van der Waals surface area contributed by atoms with E-state index in [-0.39, 0.29) is 5.56 Å². The third-order valence-corrected chi connectivity index (χ3v) is 1.01. The van der Waals surface area contributed by atoms with Gasteiger partial charge in [0.1, 0.15) is 0 Å². The van der Waals surface area contributed by atoms with Crippen molar-refractivity contribution in [2.75, 3.05) is 0 Å². The summed E-state index contributed by atoms with van der Waals surface area (Å²) in [5.74, 6) is 0.560. The molecular weight excluding hydrogens is 150 g/mol. The maximum absolute atomic E-state index is 5.55. The van der Waals surface area contributed by atoms with Crippen LogP contribution in [-0.4, -0.2) is 10.5 Å². The van der Waals surface area contributed by atoms with Crippen LogP contribution in [0.4, 0.5) is 0 Å². The Hall–Kier alpha value is -0.760. The van der Waals surface area contributed by atoms with Crippen LogP contribution in [0.2, 0.25) is 0 Å². The van der Waals surface area contributed by atoms with Crippen LogP contribution < -0.4 is 4.74 Å². The second kappa shape index (κ2) is 3.42. The maximum atomic E-state index is 5.55. The predicted molar refractivity (Wildman–Crippen MR) is 40.2 cm³/mol. The average molecular weight is 158 g/mol. The molecule has 2 nitrogen and oxygen atoms in total. The molecule has 0 saturated carbocycles. The highest BCUT2D eigenvalue weighted by atomic mass is 35.5. The Bertz CT molecular complexity index is 188. The molecule has 0 saturated heterocycles. The number of pyridine rings is 1. The molecule has 1 rings (SSSR count). The molecule has 0 spiro atoms. The summed E-state index contributed by atoms with van der Waals surface area (Å²) in [4.78, 5) is 3.91. The summed E-state index contributed by atoms with van der Waals surface area (Å²) >= 11 is 5.55. The molecule has 3 heteroatoms. The van der Waals surface area contributed by atoms with Gasteiger partial charge in [0.15, 0.2) is 5.56 Å². The normalized spacial score (nSPS) is 12.6. The highest BCUT2D eigenvalue weighted by Crippen LogP contribution is 2.07. The largest absolute Gasteiger partial charge is 0.458 e. The van der Waals surface area contributed by atoms with Crippen molar-refractivity contribution in [2.45, 2.75) is 12.5 Å². The number of aromatic nitrogens is 1. The number of hydrogen-bond donors (Lipinski definition) is 0. The molecule has 0 amide bonds. The lowest BCUT2D eigenvalue weighted by Gasteiger charge is -2.04. The summed E-state index contributed by atoms with van der Waals surface area (Å²) in [6.07, 6.45) is 1.66. The van der Waals surface area contributed by atoms with Gasteiger partial charge >= 0.3 is 0 Å². The van der Waals surface area contributed by atoms with Gasteiger partial charge in [-0.25, -0.2) is 4.98 Å². The predicted octanol–water partition coefficient (Wildman–Crippen LogP) is 2.05. The minimum absolute atomic E-state index is 0.324. The van der Waals surface area contributed by atoms with Crippen molar-refractivity contribution in [2.24, 2.45) is 0 Å². The van der Waals surface area contributed by atoms with Gasteiger partial charge < -0.3 is 4.74 Å². The fourth-order valence-electron chi connectivity index (χ4n) is 0.583. The smallest absolute Gasteiger partial charge is 0.214 e. The molecule has 0 fully saturated rings. The fraction of sp³-hybridized carbons (Fsp3) is 0.286. The topological polar surface area (TPSA) is 22.1 Å². The van der Waals surface area contributed by atoms with Crippen LogP contribution >= 0.6 is 11.6 Å². The second-order valence-corrected chi connectivity index (χ2v) is 2.44. The molecular formula is C7H8ClNO. The molecule has 0 aliphatic rings. The van der Waals surface area contributed by atoms with E-state index in [9.17, 15) is 0 Å². The van der Waals surface area contributed by atoms with Crippen molar-refractivity contribution < 1.29 is 4.74 Å². The quantitative estimate of drug-likeness (QED) is 0.613. The molecule has 10 heavy (non-hydrogen) atoms. The van der Waals surface area contributed by atoms with E-state index >= 15 is 0 Å². The summed E-state index contributed by atoms with van der Waals surface area (Å²) in [7, 11) is 0. The zero-order valence-electron chi connectivity index (χ0n) is 5.62. The fourth-order valence-corrected chi connectivity index (χ4v) is 0.674. The number of rotatable bonds is 2. The van der Waals surface area contributed by atoms with Gasteiger partial charge in [-0.2, -0.15) is 0 Å². The molecule has 0 bridgehead atoms. The van der Waals surface area contributed by atoms with Gasteiger partial charge in [0, 0.05) is 12.3 Å². The monoisotopic (exact) mass is 157 g/mol. The molecule has 0 N–H and O–H groups in total. The van der Waals surface area contributed by atoms with E-state index < -0.39 is 0 Å². The molecule has 0 aromatic carbocycles. The first-order valence-electron chi connectivity index (χ1n) is 3.01. The van der Waals surface area contributed by atoms with E-state index in [1.807, 2.05) is 12.1 Å². The van der Waals surface area contributed by atoms with Crippen LogP contribution in [0.3, 0.4) is 0 Å². The molecule has 1 atom stereocenters. The van der Waals surface area contributed by atoms with Gasteiger partial charge in [0.25, 0.3) is 0 Å². The summed E-state index contributed by atoms with van der Waals surface area (Å²) in [6, 6.07) is 5.44. The van der Waals surface area contributed by atoms with E-state index in [1.54, 1.807) is 19.2 Å². The van der Waals surface area contributed by atoms with Gasteiger partial charge in [0.2, 0.25) is 5.88 Å². The maximum Gasteiger partial charge on any atom is 0.214 e. The van der Waals surface area contributed by atoms with Gasteiger partial charge in [-0.1, -0.05) is 17.7 Å². The molecule has 1 aromatic heterocycles. The highest BCUT2D eigenvalue weighted by molar-refractivity contribution is 6.19. The lowest BCUT2D eigenvalue weighted by Crippen LogP contribution is -2.02. The van der Waals surface area contributed by atoms with Crippen LogP contribution in [0, 0.1) is 0 Å². The van der Waals surface area contributed by atoms with E-state index in [4.69, 9.17) is 16.3 Å². The molecule has 0 radical (unpaired) electrons. The van der Waals surface area contributed by atoms with Crippen molar-refractivity contribution in [3.05, 3.63) is 24.4 Å². The van der Waals surface area contributed by atoms with Gasteiger partial charge in [-0.3, -0.25) is 0 Å². The van der Waals surface area contributed by atoms with Crippen molar-refractivity contribution in [3.63, 3.8) is 0 Å². The standard InChI is InChI=1S/C7H8ClNO/c1-6(8)10-7-4-2-3-5-9-7/h2-6H,1H3/t6-/m1/s1. The zero-order valence-corrected chi connectivity index (χ0v) is 6.38. The Morgan fingerprint density at radius 3 is 2.90 bits per heavy atom. The van der Waals surface area contributed by atoms with Crippen LogP contribution in [-0.2, 0) is 0 Å². The van der Waals surface area contributed by atoms with E-state index in [2.05, 4.69) is 4.98 Å². The Labute approximate surface area is 64.8 Å². The van der Waals surface area contributed by atoms with Crippen LogP contribution in [0.25, 0.3) is 0 Å².